The molecule has 1 aliphatic rings. The number of cyclic esters (lactones) is 1. The molecule has 0 aromatic carbocycles. The van der Waals surface area contributed by atoms with Crippen LogP contribution in [-0.2, 0) is 9.53 Å². The van der Waals surface area contributed by atoms with Crippen molar-refractivity contribution in [3.8, 4) is 0 Å². The van der Waals surface area contributed by atoms with Crippen LogP contribution in [0, 0.1) is 0 Å². The van der Waals surface area contributed by atoms with E-state index in [9.17, 15) is 9.59 Å². The molecule has 0 aliphatic carbocycles. The molecule has 14 heavy (non-hydrogen) atoms. The zero-order chi connectivity index (χ0) is 10.8. The molecule has 78 valence electrons. The van der Waals surface area contributed by atoms with Crippen molar-refractivity contribution in [3.63, 3.8) is 0 Å². The molecule has 1 heterocycles. The Kier molecular flexibility index (Phi) is 2.93. The first kappa shape index (κ1) is 10.8. The molecule has 0 aromatic heterocycles. The molecule has 4 nitrogen and oxygen atoms in total. The summed E-state index contributed by atoms with van der Waals surface area (Å²) in [6.07, 6.45) is 2.02. The van der Waals surface area contributed by atoms with Gasteiger partial charge in [-0.2, -0.15) is 0 Å². The third kappa shape index (κ3) is 2.34. The van der Waals surface area contributed by atoms with Crippen LogP contribution < -0.4 is 0 Å². The van der Waals surface area contributed by atoms with Gasteiger partial charge in [-0.25, -0.2) is 9.69 Å². The van der Waals surface area contributed by atoms with E-state index in [0.29, 0.717) is 19.4 Å². The minimum Gasteiger partial charge on any atom is -0.441 e. The third-order valence-corrected chi connectivity index (χ3v) is 1.99. The van der Waals surface area contributed by atoms with Crippen LogP contribution in [0.15, 0.2) is 12.7 Å². The molecule has 1 rings (SSSR count). The highest BCUT2D eigenvalue weighted by molar-refractivity contribution is 5.93. The van der Waals surface area contributed by atoms with E-state index in [0.717, 1.165) is 4.90 Å². The van der Waals surface area contributed by atoms with Gasteiger partial charge in [0.05, 0.1) is 6.54 Å². The molecule has 0 spiro atoms. The van der Waals surface area contributed by atoms with Crippen LogP contribution in [0.5, 0.6) is 0 Å². The first-order valence-corrected chi connectivity index (χ1v) is 4.60. The molecule has 1 saturated heterocycles. The summed E-state index contributed by atoms with van der Waals surface area (Å²) < 4.78 is 5.00. The molecule has 0 radical (unpaired) electrons. The molecular formula is C10H15NO3. The summed E-state index contributed by atoms with van der Waals surface area (Å²) >= 11 is 0. The fourth-order valence-corrected chi connectivity index (χ4v) is 1.32. The summed E-state index contributed by atoms with van der Waals surface area (Å²) in [4.78, 5) is 23.9. The van der Waals surface area contributed by atoms with E-state index in [-0.39, 0.29) is 5.91 Å². The van der Waals surface area contributed by atoms with Crippen LogP contribution in [0.3, 0.4) is 0 Å². The maximum Gasteiger partial charge on any atom is 0.417 e. The second kappa shape index (κ2) is 3.82. The summed E-state index contributed by atoms with van der Waals surface area (Å²) in [5, 5.41) is 0. The zero-order valence-corrected chi connectivity index (χ0v) is 8.58. The van der Waals surface area contributed by atoms with Gasteiger partial charge in [-0.15, -0.1) is 6.58 Å². The van der Waals surface area contributed by atoms with Gasteiger partial charge in [-0.3, -0.25) is 4.79 Å². The van der Waals surface area contributed by atoms with Crippen LogP contribution >= 0.6 is 0 Å². The number of nitrogens with zero attached hydrogens (tertiary/aromatic N) is 1. The lowest BCUT2D eigenvalue weighted by Gasteiger charge is -2.14. The van der Waals surface area contributed by atoms with Crippen molar-refractivity contribution in [1.29, 1.82) is 0 Å². The Morgan fingerprint density at radius 3 is 2.79 bits per heavy atom. The second-order valence-corrected chi connectivity index (χ2v) is 3.93. The van der Waals surface area contributed by atoms with E-state index in [1.165, 1.54) is 0 Å². The van der Waals surface area contributed by atoms with Crippen molar-refractivity contribution in [1.82, 2.24) is 4.90 Å². The molecule has 0 saturated carbocycles. The molecule has 0 N–H and O–H groups in total. The number of hydrogen-bond donors (Lipinski definition) is 0. The summed E-state index contributed by atoms with van der Waals surface area (Å²) in [5.41, 5.74) is -0.555. The maximum atomic E-state index is 11.5. The normalized spacial score (nSPS) is 19.3. The summed E-state index contributed by atoms with van der Waals surface area (Å²) in [7, 11) is 0. The Morgan fingerprint density at radius 1 is 1.71 bits per heavy atom. The molecule has 4 heteroatoms. The topological polar surface area (TPSA) is 46.6 Å². The van der Waals surface area contributed by atoms with E-state index >= 15 is 0 Å². The molecule has 0 aromatic rings. The molecule has 0 atom stereocenters. The number of allylic oxidation sites excluding steroid dienone is 1. The summed E-state index contributed by atoms with van der Waals surface area (Å²) in [5.74, 6) is -0.194. The average Bonchev–Trinajstić information content (AvgIpc) is 2.35. The zero-order valence-electron chi connectivity index (χ0n) is 8.58. The van der Waals surface area contributed by atoms with Crippen LogP contribution in [0.4, 0.5) is 4.79 Å². The summed E-state index contributed by atoms with van der Waals surface area (Å²) in [6, 6.07) is 0. The first-order chi connectivity index (χ1) is 6.46. The van der Waals surface area contributed by atoms with Crippen LogP contribution in [0.25, 0.3) is 0 Å². The molecular weight excluding hydrogens is 182 g/mol. The number of carbonyl (C=O) groups is 2. The predicted molar refractivity (Wildman–Crippen MR) is 51.7 cm³/mol. The number of amides is 2. The van der Waals surface area contributed by atoms with Crippen LogP contribution in [0.1, 0.15) is 26.7 Å². The number of ether oxygens (including phenoxy) is 1. The number of hydrogen-bond acceptors (Lipinski definition) is 3. The van der Waals surface area contributed by atoms with Gasteiger partial charge in [0.2, 0.25) is 5.91 Å². The van der Waals surface area contributed by atoms with Crippen molar-refractivity contribution in [2.24, 2.45) is 0 Å². The predicted octanol–water partition coefficient (Wildman–Crippen LogP) is 1.71. The molecule has 1 fully saturated rings. The quantitative estimate of drug-likeness (QED) is 0.647. The summed E-state index contributed by atoms with van der Waals surface area (Å²) in [6.45, 7) is 7.42. The Labute approximate surface area is 83.5 Å². The van der Waals surface area contributed by atoms with Crippen LogP contribution in [-0.4, -0.2) is 29.0 Å². The molecule has 0 unspecified atom stereocenters. The van der Waals surface area contributed by atoms with Gasteiger partial charge in [0.1, 0.15) is 5.60 Å². The largest absolute Gasteiger partial charge is 0.441 e. The SMILES string of the molecule is C=CCCC(=O)N1CC(C)(C)OC1=O. The lowest BCUT2D eigenvalue weighted by Crippen LogP contribution is -2.33. The molecule has 2 amide bonds. The highest BCUT2D eigenvalue weighted by Crippen LogP contribution is 2.22. The van der Waals surface area contributed by atoms with Gasteiger partial charge in [0.15, 0.2) is 0 Å². The van der Waals surface area contributed by atoms with Crippen molar-refractivity contribution in [2.75, 3.05) is 6.54 Å². The van der Waals surface area contributed by atoms with Gasteiger partial charge < -0.3 is 4.74 Å². The third-order valence-electron chi connectivity index (χ3n) is 1.99. The lowest BCUT2D eigenvalue weighted by molar-refractivity contribution is -0.127. The van der Waals surface area contributed by atoms with Gasteiger partial charge in [-0.1, -0.05) is 6.08 Å². The van der Waals surface area contributed by atoms with Gasteiger partial charge in [0, 0.05) is 6.42 Å². The average molecular weight is 197 g/mol. The fourth-order valence-electron chi connectivity index (χ4n) is 1.32. The monoisotopic (exact) mass is 197 g/mol. The van der Waals surface area contributed by atoms with Gasteiger partial charge in [-0.05, 0) is 20.3 Å². The van der Waals surface area contributed by atoms with E-state index in [1.807, 2.05) is 0 Å². The van der Waals surface area contributed by atoms with Gasteiger partial charge >= 0.3 is 6.09 Å². The first-order valence-electron chi connectivity index (χ1n) is 4.60. The highest BCUT2D eigenvalue weighted by atomic mass is 16.6. The van der Waals surface area contributed by atoms with Crippen molar-refractivity contribution < 1.29 is 14.3 Å². The second-order valence-electron chi connectivity index (χ2n) is 3.93. The minimum atomic E-state index is -0.555. The Balaban J connectivity index is 2.57. The van der Waals surface area contributed by atoms with E-state index in [2.05, 4.69) is 6.58 Å². The van der Waals surface area contributed by atoms with Crippen molar-refractivity contribution in [2.45, 2.75) is 32.3 Å². The van der Waals surface area contributed by atoms with Crippen LogP contribution in [0.2, 0.25) is 0 Å². The lowest BCUT2D eigenvalue weighted by atomic mass is 10.1. The smallest absolute Gasteiger partial charge is 0.417 e. The van der Waals surface area contributed by atoms with Gasteiger partial charge in [0.25, 0.3) is 0 Å². The minimum absolute atomic E-state index is 0.194. The standard InChI is InChI=1S/C10H15NO3/c1-4-5-6-8(12)11-7-10(2,3)14-9(11)13/h4H,1,5-7H2,2-3H3. The molecule has 1 aliphatic heterocycles. The van der Waals surface area contributed by atoms with Crippen molar-refractivity contribution in [3.05, 3.63) is 12.7 Å². The highest BCUT2D eigenvalue weighted by Gasteiger charge is 2.40. The number of rotatable bonds is 3. The van der Waals surface area contributed by atoms with E-state index < -0.39 is 11.7 Å². The van der Waals surface area contributed by atoms with Crippen molar-refractivity contribution >= 4 is 12.0 Å². The maximum absolute atomic E-state index is 11.5. The Hall–Kier alpha value is -1.32. The Morgan fingerprint density at radius 2 is 2.36 bits per heavy atom. The number of imide groups is 1. The van der Waals surface area contributed by atoms with E-state index in [1.54, 1.807) is 19.9 Å². The fraction of sp³-hybridized carbons (Fsp3) is 0.600. The van der Waals surface area contributed by atoms with E-state index in [4.69, 9.17) is 4.74 Å². The number of carbonyl (C=O) groups excluding carboxylic acids is 2. The Bertz CT molecular complexity index is 271. The molecule has 0 bridgehead atoms.